The standard InChI is InChI=1S/C10H6BrNO4/c11-7-3-5(9(13)14)4-8-6(7)1-2-12(8)10(15)16/h1-4H,(H,13,14)(H,15,16). The molecule has 2 N–H and O–H groups in total. The van der Waals surface area contributed by atoms with E-state index in [0.29, 0.717) is 15.4 Å². The van der Waals surface area contributed by atoms with Crippen LogP contribution < -0.4 is 0 Å². The highest BCUT2D eigenvalue weighted by Gasteiger charge is 2.13. The fraction of sp³-hybridized carbons (Fsp3) is 0. The normalized spacial score (nSPS) is 10.6. The van der Waals surface area contributed by atoms with Crippen molar-refractivity contribution >= 4 is 38.9 Å². The van der Waals surface area contributed by atoms with Crippen LogP contribution in [0.1, 0.15) is 10.4 Å². The smallest absolute Gasteiger partial charge is 0.416 e. The molecule has 0 radical (unpaired) electrons. The molecule has 5 nitrogen and oxygen atoms in total. The van der Waals surface area contributed by atoms with Gasteiger partial charge in [0, 0.05) is 16.1 Å². The van der Waals surface area contributed by atoms with Gasteiger partial charge in [0.15, 0.2) is 0 Å². The van der Waals surface area contributed by atoms with Crippen LogP contribution in [0, 0.1) is 0 Å². The third-order valence-electron chi connectivity index (χ3n) is 2.21. The average Bonchev–Trinajstić information content (AvgIpc) is 2.61. The Balaban J connectivity index is 2.81. The number of benzene rings is 1. The molecule has 0 aliphatic rings. The summed E-state index contributed by atoms with van der Waals surface area (Å²) < 4.78 is 1.54. The van der Waals surface area contributed by atoms with Crippen molar-refractivity contribution in [3.63, 3.8) is 0 Å². The van der Waals surface area contributed by atoms with Crippen LogP contribution in [0.5, 0.6) is 0 Å². The Labute approximate surface area is 98.0 Å². The van der Waals surface area contributed by atoms with Crippen molar-refractivity contribution in [2.75, 3.05) is 0 Å². The fourth-order valence-corrected chi connectivity index (χ4v) is 2.07. The van der Waals surface area contributed by atoms with E-state index < -0.39 is 12.1 Å². The van der Waals surface area contributed by atoms with Crippen LogP contribution in [-0.2, 0) is 0 Å². The van der Waals surface area contributed by atoms with Gasteiger partial charge in [-0.1, -0.05) is 15.9 Å². The molecule has 2 rings (SSSR count). The van der Waals surface area contributed by atoms with Crippen LogP contribution in [0.2, 0.25) is 0 Å². The first kappa shape index (κ1) is 10.7. The molecule has 1 heterocycles. The number of aromatic carboxylic acids is 1. The van der Waals surface area contributed by atoms with Crippen molar-refractivity contribution in [3.05, 3.63) is 34.4 Å². The van der Waals surface area contributed by atoms with Gasteiger partial charge in [0.2, 0.25) is 0 Å². The minimum Gasteiger partial charge on any atom is -0.478 e. The Morgan fingerprint density at radius 3 is 2.50 bits per heavy atom. The van der Waals surface area contributed by atoms with Crippen LogP contribution in [-0.4, -0.2) is 26.8 Å². The van der Waals surface area contributed by atoms with Gasteiger partial charge in [-0.2, -0.15) is 0 Å². The molecule has 6 heteroatoms. The molecule has 0 aliphatic carbocycles. The van der Waals surface area contributed by atoms with Crippen LogP contribution >= 0.6 is 15.9 Å². The second kappa shape index (κ2) is 3.64. The number of halogens is 1. The van der Waals surface area contributed by atoms with E-state index in [1.54, 1.807) is 6.07 Å². The monoisotopic (exact) mass is 283 g/mol. The highest BCUT2D eigenvalue weighted by atomic mass is 79.9. The van der Waals surface area contributed by atoms with Gasteiger partial charge in [-0.15, -0.1) is 0 Å². The zero-order valence-electron chi connectivity index (χ0n) is 7.85. The second-order valence-corrected chi connectivity index (χ2v) is 4.02. The molecule has 2 aromatic rings. The summed E-state index contributed by atoms with van der Waals surface area (Å²) >= 11 is 3.21. The van der Waals surface area contributed by atoms with E-state index >= 15 is 0 Å². The van der Waals surface area contributed by atoms with Crippen LogP contribution in [0.3, 0.4) is 0 Å². The van der Waals surface area contributed by atoms with E-state index in [0.717, 1.165) is 4.57 Å². The highest BCUT2D eigenvalue weighted by Crippen LogP contribution is 2.26. The summed E-state index contributed by atoms with van der Waals surface area (Å²) in [5, 5.41) is 18.4. The second-order valence-electron chi connectivity index (χ2n) is 3.16. The number of carbonyl (C=O) groups is 2. The number of rotatable bonds is 1. The van der Waals surface area contributed by atoms with Crippen molar-refractivity contribution < 1.29 is 19.8 Å². The van der Waals surface area contributed by atoms with E-state index in [1.165, 1.54) is 18.3 Å². The molecular weight excluding hydrogens is 278 g/mol. The lowest BCUT2D eigenvalue weighted by atomic mass is 10.1. The minimum atomic E-state index is -1.15. The van der Waals surface area contributed by atoms with Crippen molar-refractivity contribution in [3.8, 4) is 0 Å². The maximum absolute atomic E-state index is 10.9. The predicted octanol–water partition coefficient (Wildman–Crippen LogP) is 2.63. The van der Waals surface area contributed by atoms with Gasteiger partial charge in [0.25, 0.3) is 0 Å². The first-order chi connectivity index (χ1) is 7.50. The Bertz CT molecular complexity index is 602. The molecule has 0 saturated heterocycles. The van der Waals surface area contributed by atoms with Gasteiger partial charge < -0.3 is 10.2 Å². The van der Waals surface area contributed by atoms with Crippen molar-refractivity contribution in [2.24, 2.45) is 0 Å². The number of hydrogen-bond acceptors (Lipinski definition) is 2. The van der Waals surface area contributed by atoms with Gasteiger partial charge in [0.1, 0.15) is 0 Å². The van der Waals surface area contributed by atoms with Crippen molar-refractivity contribution in [2.45, 2.75) is 0 Å². The van der Waals surface area contributed by atoms with E-state index in [9.17, 15) is 9.59 Å². The maximum Gasteiger partial charge on any atom is 0.416 e. The summed E-state index contributed by atoms with van der Waals surface area (Å²) in [6, 6.07) is 4.38. The summed E-state index contributed by atoms with van der Waals surface area (Å²) in [5.41, 5.74) is 0.389. The molecule has 0 aliphatic heterocycles. The van der Waals surface area contributed by atoms with Crippen LogP contribution in [0.4, 0.5) is 4.79 Å². The topological polar surface area (TPSA) is 79.5 Å². The molecular formula is C10H6BrNO4. The zero-order valence-corrected chi connectivity index (χ0v) is 9.43. The van der Waals surface area contributed by atoms with Gasteiger partial charge in [-0.3, -0.25) is 4.57 Å². The van der Waals surface area contributed by atoms with Crippen molar-refractivity contribution in [1.82, 2.24) is 4.57 Å². The molecule has 0 spiro atoms. The third-order valence-corrected chi connectivity index (χ3v) is 2.87. The summed E-state index contributed by atoms with van der Waals surface area (Å²) in [6.45, 7) is 0. The quantitative estimate of drug-likeness (QED) is 0.843. The SMILES string of the molecule is O=C(O)c1cc(Br)c2ccn(C(=O)O)c2c1. The summed E-state index contributed by atoms with van der Waals surface area (Å²) in [5.74, 6) is -1.10. The lowest BCUT2D eigenvalue weighted by Crippen LogP contribution is -2.06. The minimum absolute atomic E-state index is 0.0422. The number of aromatic nitrogens is 1. The molecule has 0 amide bonds. The molecule has 0 saturated carbocycles. The van der Waals surface area contributed by atoms with Crippen molar-refractivity contribution in [1.29, 1.82) is 0 Å². The number of carboxylic acid groups (broad SMARTS) is 2. The Morgan fingerprint density at radius 1 is 1.25 bits per heavy atom. The average molecular weight is 284 g/mol. The lowest BCUT2D eigenvalue weighted by molar-refractivity contribution is 0.0697. The predicted molar refractivity (Wildman–Crippen MR) is 60.0 cm³/mol. The summed E-state index contributed by atoms with van der Waals surface area (Å²) in [4.78, 5) is 21.7. The molecule has 0 atom stereocenters. The van der Waals surface area contributed by atoms with Gasteiger partial charge in [-0.05, 0) is 18.2 Å². The van der Waals surface area contributed by atoms with Gasteiger partial charge >= 0.3 is 12.1 Å². The van der Waals surface area contributed by atoms with E-state index in [-0.39, 0.29) is 5.56 Å². The molecule has 1 aromatic carbocycles. The molecule has 0 fully saturated rings. The van der Waals surface area contributed by atoms with E-state index in [2.05, 4.69) is 15.9 Å². The Kier molecular flexibility index (Phi) is 2.43. The first-order valence-electron chi connectivity index (χ1n) is 4.28. The molecule has 1 aromatic heterocycles. The van der Waals surface area contributed by atoms with E-state index in [4.69, 9.17) is 10.2 Å². The molecule has 82 valence electrons. The molecule has 16 heavy (non-hydrogen) atoms. The fourth-order valence-electron chi connectivity index (χ4n) is 1.49. The number of carboxylic acids is 1. The Hall–Kier alpha value is -1.82. The molecule has 0 unspecified atom stereocenters. The van der Waals surface area contributed by atoms with Crippen LogP contribution in [0.15, 0.2) is 28.9 Å². The maximum atomic E-state index is 10.9. The lowest BCUT2D eigenvalue weighted by Gasteiger charge is -2.01. The summed E-state index contributed by atoms with van der Waals surface area (Å²) in [6.07, 6.45) is 0.230. The number of fused-ring (bicyclic) bond motifs is 1. The van der Waals surface area contributed by atoms with Crippen LogP contribution in [0.25, 0.3) is 10.9 Å². The third kappa shape index (κ3) is 1.57. The molecule has 0 bridgehead atoms. The number of nitrogens with zero attached hydrogens (tertiary/aromatic N) is 1. The largest absolute Gasteiger partial charge is 0.478 e. The van der Waals surface area contributed by atoms with Gasteiger partial charge in [-0.25, -0.2) is 9.59 Å². The highest BCUT2D eigenvalue weighted by molar-refractivity contribution is 9.10. The zero-order chi connectivity index (χ0) is 11.9. The van der Waals surface area contributed by atoms with E-state index in [1.807, 2.05) is 0 Å². The van der Waals surface area contributed by atoms with Gasteiger partial charge in [0.05, 0.1) is 11.1 Å². The number of hydrogen-bond donors (Lipinski definition) is 2. The Morgan fingerprint density at radius 2 is 1.94 bits per heavy atom. The summed E-state index contributed by atoms with van der Waals surface area (Å²) in [7, 11) is 0. The first-order valence-corrected chi connectivity index (χ1v) is 5.07.